The van der Waals surface area contributed by atoms with Crippen LogP contribution >= 0.6 is 0 Å². The van der Waals surface area contributed by atoms with Crippen LogP contribution < -0.4 is 10.3 Å². The number of hydrogen-bond donors (Lipinski definition) is 1. The number of hydrogen-bond acceptors (Lipinski definition) is 5. The molecule has 0 bridgehead atoms. The second-order valence-corrected chi connectivity index (χ2v) is 6.10. The van der Waals surface area contributed by atoms with E-state index in [1.54, 1.807) is 17.7 Å². The van der Waals surface area contributed by atoms with E-state index >= 15 is 0 Å². The average Bonchev–Trinajstić information content (AvgIpc) is 2.75. The molecule has 0 atom stereocenters. The zero-order chi connectivity index (χ0) is 20.5. The van der Waals surface area contributed by atoms with Crippen molar-refractivity contribution in [2.24, 2.45) is 0 Å². The molecule has 0 spiro atoms. The number of benzene rings is 1. The maximum absolute atomic E-state index is 12.7. The van der Waals surface area contributed by atoms with Crippen molar-refractivity contribution in [3.8, 4) is 5.75 Å². The number of aryl methyl sites for hydroxylation is 1. The van der Waals surface area contributed by atoms with Gasteiger partial charge in [-0.3, -0.25) is 14.8 Å². The molecule has 6 heteroatoms. The Bertz CT molecular complexity index is 936. The highest BCUT2D eigenvalue weighted by Gasteiger charge is 2.12. The van der Waals surface area contributed by atoms with Crippen LogP contribution in [0.1, 0.15) is 42.1 Å². The van der Waals surface area contributed by atoms with E-state index in [0.29, 0.717) is 35.9 Å². The van der Waals surface area contributed by atoms with Gasteiger partial charge < -0.3 is 14.4 Å². The van der Waals surface area contributed by atoms with E-state index in [9.17, 15) is 4.79 Å². The number of aliphatic hydroxyl groups is 1. The van der Waals surface area contributed by atoms with E-state index < -0.39 is 0 Å². The van der Waals surface area contributed by atoms with Gasteiger partial charge in [-0.1, -0.05) is 44.2 Å². The number of nitrogens with zero attached hydrogens (tertiary/aromatic N) is 3. The summed E-state index contributed by atoms with van der Waals surface area (Å²) in [4.78, 5) is 21.1. The van der Waals surface area contributed by atoms with Gasteiger partial charge >= 0.3 is 0 Å². The zero-order valence-electron chi connectivity index (χ0n) is 16.8. The third-order valence-electron chi connectivity index (χ3n) is 4.18. The minimum absolute atomic E-state index is 0.110. The summed E-state index contributed by atoms with van der Waals surface area (Å²) in [6, 6.07) is 11.7. The average molecular weight is 381 g/mol. The fraction of sp³-hybridized carbons (Fsp3) is 0.318. The minimum Gasteiger partial charge on any atom is -0.488 e. The number of aliphatic hydroxyl groups excluding tert-OH is 1. The van der Waals surface area contributed by atoms with Gasteiger partial charge in [-0.15, -0.1) is 0 Å². The van der Waals surface area contributed by atoms with Gasteiger partial charge in [0.15, 0.2) is 0 Å². The highest BCUT2D eigenvalue weighted by molar-refractivity contribution is 5.33. The molecule has 0 unspecified atom stereocenters. The second-order valence-electron chi connectivity index (χ2n) is 6.10. The molecule has 0 aliphatic carbocycles. The quantitative estimate of drug-likeness (QED) is 0.708. The van der Waals surface area contributed by atoms with Crippen molar-refractivity contribution in [1.82, 2.24) is 14.5 Å². The van der Waals surface area contributed by atoms with Crippen molar-refractivity contribution in [2.75, 3.05) is 0 Å². The first-order valence-corrected chi connectivity index (χ1v) is 9.37. The molecule has 0 fully saturated rings. The largest absolute Gasteiger partial charge is 0.488 e. The molecule has 0 aliphatic rings. The van der Waals surface area contributed by atoms with Gasteiger partial charge in [-0.2, -0.15) is 0 Å². The van der Waals surface area contributed by atoms with Crippen molar-refractivity contribution < 1.29 is 9.84 Å². The van der Waals surface area contributed by atoms with Gasteiger partial charge in [0, 0.05) is 5.69 Å². The van der Waals surface area contributed by atoms with E-state index in [2.05, 4.69) is 9.97 Å². The smallest absolute Gasteiger partial charge is 0.257 e. The van der Waals surface area contributed by atoms with Crippen LogP contribution in [0.25, 0.3) is 0 Å². The Balaban J connectivity index is 0.00000136. The third kappa shape index (κ3) is 5.27. The Kier molecular flexibility index (Phi) is 7.89. The van der Waals surface area contributed by atoms with Gasteiger partial charge in [-0.25, -0.2) is 0 Å². The van der Waals surface area contributed by atoms with Crippen molar-refractivity contribution in [3.05, 3.63) is 87.4 Å². The Hall–Kier alpha value is -2.99. The van der Waals surface area contributed by atoms with Crippen molar-refractivity contribution in [2.45, 2.75) is 47.5 Å². The molecule has 1 aromatic carbocycles. The Morgan fingerprint density at radius 1 is 1.04 bits per heavy atom. The van der Waals surface area contributed by atoms with Crippen molar-refractivity contribution in [3.63, 3.8) is 0 Å². The van der Waals surface area contributed by atoms with Gasteiger partial charge in [0.25, 0.3) is 5.56 Å². The van der Waals surface area contributed by atoms with E-state index in [0.717, 1.165) is 11.3 Å². The normalized spacial score (nSPS) is 10.2. The molecule has 0 aliphatic heterocycles. The SMILES string of the molecule is CC.Cc1c(OCc2ccccc2)cc(C)n(Cc2cnc(CO)cn2)c1=O. The molecule has 3 aromatic rings. The Morgan fingerprint density at radius 3 is 2.29 bits per heavy atom. The fourth-order valence-corrected chi connectivity index (χ4v) is 2.63. The van der Waals surface area contributed by atoms with Crippen LogP contribution in [-0.4, -0.2) is 19.6 Å². The summed E-state index contributed by atoms with van der Waals surface area (Å²) >= 11 is 0. The molecule has 0 saturated heterocycles. The summed E-state index contributed by atoms with van der Waals surface area (Å²) in [5, 5.41) is 9.03. The number of ether oxygens (including phenoxy) is 1. The molecule has 28 heavy (non-hydrogen) atoms. The second kappa shape index (κ2) is 10.4. The summed E-state index contributed by atoms with van der Waals surface area (Å²) in [6.45, 7) is 8.21. The zero-order valence-corrected chi connectivity index (χ0v) is 16.8. The van der Waals surface area contributed by atoms with Gasteiger partial charge in [0.1, 0.15) is 12.4 Å². The molecule has 6 nitrogen and oxygen atoms in total. The fourth-order valence-electron chi connectivity index (χ4n) is 2.63. The lowest BCUT2D eigenvalue weighted by atomic mass is 10.2. The lowest BCUT2D eigenvalue weighted by Crippen LogP contribution is -2.26. The summed E-state index contributed by atoms with van der Waals surface area (Å²) in [5.41, 5.74) is 3.45. The summed E-state index contributed by atoms with van der Waals surface area (Å²) in [7, 11) is 0. The monoisotopic (exact) mass is 381 g/mol. The molecular weight excluding hydrogens is 354 g/mol. The predicted octanol–water partition coefficient (Wildman–Crippen LogP) is 3.40. The Labute approximate surface area is 165 Å². The molecule has 0 radical (unpaired) electrons. The van der Waals surface area contributed by atoms with E-state index in [1.165, 1.54) is 6.20 Å². The van der Waals surface area contributed by atoms with Crippen molar-refractivity contribution in [1.29, 1.82) is 0 Å². The van der Waals surface area contributed by atoms with E-state index in [-0.39, 0.29) is 12.2 Å². The number of aromatic nitrogens is 3. The first-order chi connectivity index (χ1) is 13.6. The van der Waals surface area contributed by atoms with E-state index in [1.807, 2.05) is 57.2 Å². The first kappa shape index (κ1) is 21.3. The van der Waals surface area contributed by atoms with Crippen LogP contribution in [0.15, 0.2) is 53.6 Å². The molecule has 3 rings (SSSR count). The van der Waals surface area contributed by atoms with Crippen LogP contribution in [0, 0.1) is 13.8 Å². The number of pyridine rings is 1. The first-order valence-electron chi connectivity index (χ1n) is 9.37. The lowest BCUT2D eigenvalue weighted by Gasteiger charge is -2.15. The maximum atomic E-state index is 12.7. The standard InChI is InChI=1S/C20H21N3O3.C2H6/c1-14-8-19(26-13-16-6-4-3-5-7-16)15(2)20(25)23(14)11-17-9-22-18(12-24)10-21-17;1-2/h3-10,24H,11-13H2,1-2H3;1-2H3. The van der Waals surface area contributed by atoms with Crippen LogP contribution in [0.2, 0.25) is 0 Å². The van der Waals surface area contributed by atoms with Crippen LogP contribution in [-0.2, 0) is 19.8 Å². The van der Waals surface area contributed by atoms with E-state index in [4.69, 9.17) is 9.84 Å². The number of rotatable bonds is 6. The Morgan fingerprint density at radius 2 is 1.68 bits per heavy atom. The minimum atomic E-state index is -0.154. The summed E-state index contributed by atoms with van der Waals surface area (Å²) < 4.78 is 7.50. The van der Waals surface area contributed by atoms with Crippen LogP contribution in [0.4, 0.5) is 0 Å². The molecule has 0 amide bonds. The van der Waals surface area contributed by atoms with Crippen LogP contribution in [0.5, 0.6) is 5.75 Å². The maximum Gasteiger partial charge on any atom is 0.257 e. The molecule has 2 aromatic heterocycles. The lowest BCUT2D eigenvalue weighted by molar-refractivity contribution is 0.276. The summed E-state index contributed by atoms with van der Waals surface area (Å²) in [6.07, 6.45) is 3.09. The topological polar surface area (TPSA) is 77.2 Å². The predicted molar refractivity (Wildman–Crippen MR) is 109 cm³/mol. The van der Waals surface area contributed by atoms with Crippen molar-refractivity contribution >= 4 is 0 Å². The molecular formula is C22H27N3O3. The molecule has 0 saturated carbocycles. The van der Waals surface area contributed by atoms with Gasteiger partial charge in [0.2, 0.25) is 0 Å². The van der Waals surface area contributed by atoms with Gasteiger partial charge in [0.05, 0.1) is 42.5 Å². The third-order valence-corrected chi connectivity index (χ3v) is 4.18. The molecule has 148 valence electrons. The van der Waals surface area contributed by atoms with Crippen LogP contribution in [0.3, 0.4) is 0 Å². The molecule has 2 heterocycles. The summed E-state index contributed by atoms with van der Waals surface area (Å²) in [5.74, 6) is 0.592. The highest BCUT2D eigenvalue weighted by atomic mass is 16.5. The molecule has 1 N–H and O–H groups in total. The highest BCUT2D eigenvalue weighted by Crippen LogP contribution is 2.18. The van der Waals surface area contributed by atoms with Gasteiger partial charge in [-0.05, 0) is 25.5 Å².